The minimum Gasteiger partial charge on any atom is -0.481 e. The van der Waals surface area contributed by atoms with Crippen molar-refractivity contribution in [1.82, 2.24) is 5.32 Å². The van der Waals surface area contributed by atoms with Crippen LogP contribution in [-0.4, -0.2) is 17.6 Å². The zero-order chi connectivity index (χ0) is 14.7. The molecular weight excluding hydrogens is 282 g/mol. The van der Waals surface area contributed by atoms with Gasteiger partial charge >= 0.3 is 5.97 Å². The summed E-state index contributed by atoms with van der Waals surface area (Å²) >= 11 is 1.80. The van der Waals surface area contributed by atoms with E-state index < -0.39 is 5.97 Å². The van der Waals surface area contributed by atoms with Gasteiger partial charge in [0.15, 0.2) is 0 Å². The lowest BCUT2D eigenvalue weighted by Gasteiger charge is -2.26. The molecule has 4 heteroatoms. The average molecular weight is 303 g/mol. The molecule has 0 unspecified atom stereocenters. The molecule has 2 N–H and O–H groups in total. The third-order valence-corrected chi connectivity index (χ3v) is 5.52. The zero-order valence-corrected chi connectivity index (χ0v) is 12.9. The molecule has 0 radical (unpaired) electrons. The van der Waals surface area contributed by atoms with E-state index >= 15 is 0 Å². The van der Waals surface area contributed by atoms with Gasteiger partial charge in [0.1, 0.15) is 0 Å². The van der Waals surface area contributed by atoms with E-state index in [9.17, 15) is 4.79 Å². The lowest BCUT2D eigenvalue weighted by atomic mass is 9.82. The first-order valence-corrected chi connectivity index (χ1v) is 8.50. The molecule has 0 aliphatic heterocycles. The number of carboxylic acids is 1. The lowest BCUT2D eigenvalue weighted by Crippen LogP contribution is -2.28. The van der Waals surface area contributed by atoms with Gasteiger partial charge in [0, 0.05) is 11.2 Å². The van der Waals surface area contributed by atoms with Gasteiger partial charge in [0.2, 0.25) is 0 Å². The predicted molar refractivity (Wildman–Crippen MR) is 86.6 cm³/mol. The van der Waals surface area contributed by atoms with Crippen LogP contribution < -0.4 is 5.32 Å². The monoisotopic (exact) mass is 303 g/mol. The summed E-state index contributed by atoms with van der Waals surface area (Å²) in [6.45, 7) is 1.90. The summed E-state index contributed by atoms with van der Waals surface area (Å²) in [7, 11) is 0. The Hall–Kier alpha value is -1.39. The van der Waals surface area contributed by atoms with Crippen molar-refractivity contribution in [3.8, 4) is 0 Å². The van der Waals surface area contributed by atoms with Gasteiger partial charge in [-0.3, -0.25) is 4.79 Å². The fraction of sp³-hybridized carbons (Fsp3) is 0.471. The Balaban J connectivity index is 1.48. The largest absolute Gasteiger partial charge is 0.481 e. The molecule has 1 aromatic carbocycles. The summed E-state index contributed by atoms with van der Waals surface area (Å²) in [6.07, 6.45) is 3.74. The van der Waals surface area contributed by atoms with Crippen molar-refractivity contribution < 1.29 is 9.90 Å². The smallest absolute Gasteiger partial charge is 0.306 e. The Morgan fingerprint density at radius 3 is 2.76 bits per heavy atom. The van der Waals surface area contributed by atoms with Crippen molar-refractivity contribution in [3.63, 3.8) is 0 Å². The van der Waals surface area contributed by atoms with Gasteiger partial charge < -0.3 is 10.4 Å². The Morgan fingerprint density at radius 2 is 2.00 bits per heavy atom. The molecule has 0 saturated heterocycles. The number of thiophene rings is 1. The van der Waals surface area contributed by atoms with Crippen molar-refractivity contribution >= 4 is 27.4 Å². The quantitative estimate of drug-likeness (QED) is 0.881. The number of aliphatic carboxylic acids is 1. The molecule has 0 atom stereocenters. The van der Waals surface area contributed by atoms with Crippen molar-refractivity contribution in [3.05, 3.63) is 35.2 Å². The minimum atomic E-state index is -0.619. The van der Waals surface area contributed by atoms with Crippen LogP contribution in [0.5, 0.6) is 0 Å². The van der Waals surface area contributed by atoms with Gasteiger partial charge in [-0.15, -0.1) is 11.3 Å². The van der Waals surface area contributed by atoms with Crippen molar-refractivity contribution in [2.75, 3.05) is 6.54 Å². The highest BCUT2D eigenvalue weighted by Crippen LogP contribution is 2.29. The molecule has 3 nitrogen and oxygen atoms in total. The fourth-order valence-electron chi connectivity index (χ4n) is 3.19. The summed E-state index contributed by atoms with van der Waals surface area (Å²) in [4.78, 5) is 10.9. The van der Waals surface area contributed by atoms with E-state index in [0.29, 0.717) is 5.92 Å². The van der Waals surface area contributed by atoms with Crippen molar-refractivity contribution in [2.24, 2.45) is 11.8 Å². The van der Waals surface area contributed by atoms with Crippen LogP contribution >= 0.6 is 11.3 Å². The lowest BCUT2D eigenvalue weighted by molar-refractivity contribution is -0.143. The van der Waals surface area contributed by atoms with Crippen LogP contribution in [0, 0.1) is 11.8 Å². The normalized spacial score (nSPS) is 22.5. The molecule has 0 amide bonds. The Morgan fingerprint density at radius 1 is 1.24 bits per heavy atom. The topological polar surface area (TPSA) is 49.3 Å². The zero-order valence-electron chi connectivity index (χ0n) is 12.0. The molecule has 1 fully saturated rings. The summed E-state index contributed by atoms with van der Waals surface area (Å²) in [6, 6.07) is 8.51. The molecule has 1 aliphatic carbocycles. The highest BCUT2D eigenvalue weighted by atomic mass is 32.1. The van der Waals surface area contributed by atoms with Crippen LogP contribution in [0.2, 0.25) is 0 Å². The van der Waals surface area contributed by atoms with Gasteiger partial charge in [-0.1, -0.05) is 18.2 Å². The first-order valence-electron chi connectivity index (χ1n) is 7.62. The van der Waals surface area contributed by atoms with E-state index in [1.54, 1.807) is 11.3 Å². The molecular formula is C17H21NO2S. The van der Waals surface area contributed by atoms with Crippen LogP contribution in [0.1, 0.15) is 31.2 Å². The molecule has 1 aromatic heterocycles. The first kappa shape index (κ1) is 14.5. The molecule has 1 saturated carbocycles. The molecule has 1 aliphatic rings. The molecule has 3 rings (SSSR count). The second-order valence-electron chi connectivity index (χ2n) is 5.94. The first-order chi connectivity index (χ1) is 10.2. The number of hydrogen-bond acceptors (Lipinski definition) is 3. The second-order valence-corrected chi connectivity index (χ2v) is 6.86. The van der Waals surface area contributed by atoms with Gasteiger partial charge in [0.25, 0.3) is 0 Å². The van der Waals surface area contributed by atoms with Crippen molar-refractivity contribution in [1.29, 1.82) is 0 Å². The van der Waals surface area contributed by atoms with Gasteiger partial charge in [-0.05, 0) is 60.5 Å². The Labute approximate surface area is 129 Å². The number of rotatable bonds is 5. The van der Waals surface area contributed by atoms with E-state index in [1.807, 2.05) is 0 Å². The maximum absolute atomic E-state index is 10.9. The maximum atomic E-state index is 10.9. The van der Waals surface area contributed by atoms with Gasteiger partial charge in [0.05, 0.1) is 5.92 Å². The van der Waals surface area contributed by atoms with E-state index in [4.69, 9.17) is 5.11 Å². The summed E-state index contributed by atoms with van der Waals surface area (Å²) in [5, 5.41) is 16.2. The molecule has 1 heterocycles. The van der Waals surface area contributed by atoms with Crippen LogP contribution in [0.3, 0.4) is 0 Å². The van der Waals surface area contributed by atoms with Crippen LogP contribution in [0.4, 0.5) is 0 Å². The highest BCUT2D eigenvalue weighted by Gasteiger charge is 2.25. The molecule has 21 heavy (non-hydrogen) atoms. The number of carbonyl (C=O) groups is 1. The molecule has 112 valence electrons. The van der Waals surface area contributed by atoms with Crippen LogP contribution in [-0.2, 0) is 11.3 Å². The number of nitrogens with one attached hydrogen (secondary N) is 1. The van der Waals surface area contributed by atoms with Gasteiger partial charge in [-0.25, -0.2) is 0 Å². The molecule has 2 aromatic rings. The number of hydrogen-bond donors (Lipinski definition) is 2. The van der Waals surface area contributed by atoms with E-state index in [2.05, 4.69) is 35.0 Å². The number of fused-ring (bicyclic) bond motifs is 1. The Kier molecular flexibility index (Phi) is 4.56. The van der Waals surface area contributed by atoms with Crippen LogP contribution in [0.25, 0.3) is 10.1 Å². The van der Waals surface area contributed by atoms with E-state index in [-0.39, 0.29) is 5.92 Å². The van der Waals surface area contributed by atoms with Crippen molar-refractivity contribution in [2.45, 2.75) is 32.2 Å². The maximum Gasteiger partial charge on any atom is 0.306 e. The second kappa shape index (κ2) is 6.58. The number of carboxylic acid groups (broad SMARTS) is 1. The molecule has 0 bridgehead atoms. The third-order valence-electron chi connectivity index (χ3n) is 4.51. The molecule has 0 spiro atoms. The average Bonchev–Trinajstić information content (AvgIpc) is 2.91. The summed E-state index contributed by atoms with van der Waals surface area (Å²) < 4.78 is 1.34. The van der Waals surface area contributed by atoms with Gasteiger partial charge in [-0.2, -0.15) is 0 Å². The number of benzene rings is 1. The minimum absolute atomic E-state index is 0.109. The third kappa shape index (κ3) is 3.44. The highest BCUT2D eigenvalue weighted by molar-refractivity contribution is 7.17. The standard InChI is InChI=1S/C17H21NO2S/c19-17(20)13-7-5-12(6-8-13)9-18-10-14-11-21-16-4-2-1-3-15(14)16/h1-4,11-13,18H,5-10H2,(H,19,20). The Bertz CT molecular complexity index is 614. The van der Waals surface area contributed by atoms with E-state index in [1.165, 1.54) is 15.6 Å². The van der Waals surface area contributed by atoms with Crippen LogP contribution in [0.15, 0.2) is 29.6 Å². The SMILES string of the molecule is O=C(O)C1CCC(CNCc2csc3ccccc23)CC1. The summed E-state index contributed by atoms with van der Waals surface area (Å²) in [5.74, 6) is -0.0984. The summed E-state index contributed by atoms with van der Waals surface area (Å²) in [5.41, 5.74) is 1.37. The fourth-order valence-corrected chi connectivity index (χ4v) is 4.16. The predicted octanol–water partition coefficient (Wildman–Crippen LogP) is 3.88. The van der Waals surface area contributed by atoms with E-state index in [0.717, 1.165) is 38.8 Å².